The maximum Gasteiger partial charge on any atom is 0.352 e. The first kappa shape index (κ1) is 11.7. The van der Waals surface area contributed by atoms with Crippen molar-refractivity contribution < 1.29 is 9.90 Å². The van der Waals surface area contributed by atoms with E-state index in [-0.39, 0.29) is 12.2 Å². The zero-order chi connectivity index (χ0) is 12.6. The van der Waals surface area contributed by atoms with Gasteiger partial charge in [0.2, 0.25) is 0 Å². The van der Waals surface area contributed by atoms with Crippen molar-refractivity contribution in [2.24, 2.45) is 0 Å². The average Bonchev–Trinajstić information content (AvgIpc) is 2.53. The van der Waals surface area contributed by atoms with Crippen LogP contribution in [-0.2, 0) is 6.54 Å². The minimum Gasteiger partial charge on any atom is -0.477 e. The lowest BCUT2D eigenvalue weighted by Crippen LogP contribution is -2.08. The summed E-state index contributed by atoms with van der Waals surface area (Å²) in [5.41, 5.74) is 1.63. The molecule has 4 nitrogen and oxygen atoms in total. The van der Waals surface area contributed by atoms with Gasteiger partial charge >= 0.3 is 5.97 Å². The zero-order valence-corrected chi connectivity index (χ0v) is 10.7. The second kappa shape index (κ2) is 4.22. The Morgan fingerprint density at radius 2 is 2.29 bits per heavy atom. The third-order valence-electron chi connectivity index (χ3n) is 2.71. The second-order valence-corrected chi connectivity index (χ2v) is 4.60. The zero-order valence-electron chi connectivity index (χ0n) is 9.07. The van der Waals surface area contributed by atoms with Crippen LogP contribution in [0, 0.1) is 18.3 Å². The van der Waals surface area contributed by atoms with Crippen molar-refractivity contribution in [3.05, 3.63) is 33.9 Å². The van der Waals surface area contributed by atoms with Gasteiger partial charge in [0, 0.05) is 9.86 Å². The molecule has 2 aromatic rings. The maximum atomic E-state index is 11.2. The van der Waals surface area contributed by atoms with E-state index in [1.54, 1.807) is 6.92 Å². The number of benzene rings is 1. The smallest absolute Gasteiger partial charge is 0.352 e. The molecule has 0 amide bonds. The second-order valence-electron chi connectivity index (χ2n) is 3.68. The molecular weight excluding hydrogens is 284 g/mol. The summed E-state index contributed by atoms with van der Waals surface area (Å²) in [6.45, 7) is 1.79. The number of halogens is 1. The fourth-order valence-corrected chi connectivity index (χ4v) is 2.37. The van der Waals surface area contributed by atoms with Gasteiger partial charge in [0.25, 0.3) is 0 Å². The number of nitriles is 1. The number of carbonyl (C=O) groups is 1. The molecule has 0 saturated heterocycles. The van der Waals surface area contributed by atoms with E-state index >= 15 is 0 Å². The SMILES string of the molecule is Cc1c(C(=O)O)n(CC#N)c2ccc(Br)cc12. The molecule has 86 valence electrons. The molecule has 0 atom stereocenters. The van der Waals surface area contributed by atoms with Crippen LogP contribution in [0.3, 0.4) is 0 Å². The van der Waals surface area contributed by atoms with Gasteiger partial charge in [0.15, 0.2) is 0 Å². The summed E-state index contributed by atoms with van der Waals surface area (Å²) in [6.07, 6.45) is 0. The first-order valence-corrected chi connectivity index (χ1v) is 5.74. The quantitative estimate of drug-likeness (QED) is 0.925. The molecule has 0 radical (unpaired) electrons. The summed E-state index contributed by atoms with van der Waals surface area (Å²) in [6, 6.07) is 7.50. The molecule has 5 heteroatoms. The van der Waals surface area contributed by atoms with Gasteiger partial charge in [-0.15, -0.1) is 0 Å². The number of aromatic nitrogens is 1. The lowest BCUT2D eigenvalue weighted by atomic mass is 10.1. The van der Waals surface area contributed by atoms with Crippen LogP contribution in [0.2, 0.25) is 0 Å². The van der Waals surface area contributed by atoms with Gasteiger partial charge in [-0.25, -0.2) is 4.79 Å². The molecule has 17 heavy (non-hydrogen) atoms. The third kappa shape index (κ3) is 1.81. The van der Waals surface area contributed by atoms with Crippen LogP contribution in [0.1, 0.15) is 16.1 Å². The summed E-state index contributed by atoms with van der Waals surface area (Å²) in [4.78, 5) is 11.2. The minimum absolute atomic E-state index is 0.0353. The third-order valence-corrected chi connectivity index (χ3v) is 3.20. The van der Waals surface area contributed by atoms with E-state index < -0.39 is 5.97 Å². The average molecular weight is 293 g/mol. The maximum absolute atomic E-state index is 11.2. The molecule has 0 aliphatic rings. The van der Waals surface area contributed by atoms with E-state index in [4.69, 9.17) is 5.26 Å². The Hall–Kier alpha value is -1.80. The van der Waals surface area contributed by atoms with Crippen LogP contribution in [0.25, 0.3) is 10.9 Å². The molecule has 0 aliphatic heterocycles. The Balaban J connectivity index is 2.88. The molecule has 1 N–H and O–H groups in total. The highest BCUT2D eigenvalue weighted by atomic mass is 79.9. The molecule has 0 aliphatic carbocycles. The number of carboxylic acids is 1. The van der Waals surface area contributed by atoms with Crippen molar-refractivity contribution >= 4 is 32.8 Å². The van der Waals surface area contributed by atoms with Gasteiger partial charge in [0.1, 0.15) is 12.2 Å². The molecule has 0 bridgehead atoms. The number of fused-ring (bicyclic) bond motifs is 1. The lowest BCUT2D eigenvalue weighted by molar-refractivity contribution is 0.0685. The number of hydrogen-bond acceptors (Lipinski definition) is 2. The Kier molecular flexibility index (Phi) is 2.90. The molecular formula is C12H9BrN2O2. The minimum atomic E-state index is -1.01. The van der Waals surface area contributed by atoms with Crippen molar-refractivity contribution in [3.63, 3.8) is 0 Å². The highest BCUT2D eigenvalue weighted by molar-refractivity contribution is 9.10. The summed E-state index contributed by atoms with van der Waals surface area (Å²) in [5, 5.41) is 18.8. The highest BCUT2D eigenvalue weighted by Crippen LogP contribution is 2.28. The number of aromatic carboxylic acids is 1. The molecule has 0 spiro atoms. The fraction of sp³-hybridized carbons (Fsp3) is 0.167. The molecule has 0 unspecified atom stereocenters. The standard InChI is InChI=1S/C12H9BrN2O2/c1-7-9-6-8(13)2-3-10(9)15(5-4-14)11(7)12(16)17/h2-3,6H,5H2,1H3,(H,16,17). The summed E-state index contributed by atoms with van der Waals surface area (Å²) >= 11 is 3.35. The van der Waals surface area contributed by atoms with Gasteiger partial charge in [-0.1, -0.05) is 15.9 Å². The van der Waals surface area contributed by atoms with Crippen LogP contribution < -0.4 is 0 Å². The fourth-order valence-electron chi connectivity index (χ4n) is 2.01. The summed E-state index contributed by atoms with van der Waals surface area (Å²) < 4.78 is 2.42. The number of aryl methyl sites for hydroxylation is 1. The van der Waals surface area contributed by atoms with E-state index in [0.717, 1.165) is 15.4 Å². The van der Waals surface area contributed by atoms with E-state index in [9.17, 15) is 9.90 Å². The summed E-state index contributed by atoms with van der Waals surface area (Å²) in [7, 11) is 0. The van der Waals surface area contributed by atoms with Crippen LogP contribution in [0.5, 0.6) is 0 Å². The predicted octanol–water partition coefficient (Wildman–Crippen LogP) is 2.93. The van der Waals surface area contributed by atoms with Gasteiger partial charge in [-0.05, 0) is 30.7 Å². The predicted molar refractivity (Wildman–Crippen MR) is 66.9 cm³/mol. The topological polar surface area (TPSA) is 66.0 Å². The van der Waals surface area contributed by atoms with Gasteiger partial charge in [-0.3, -0.25) is 0 Å². The molecule has 0 saturated carbocycles. The van der Waals surface area contributed by atoms with Gasteiger partial charge in [-0.2, -0.15) is 5.26 Å². The Morgan fingerprint density at radius 1 is 1.59 bits per heavy atom. The van der Waals surface area contributed by atoms with Crippen molar-refractivity contribution in [2.75, 3.05) is 0 Å². The summed E-state index contributed by atoms with van der Waals surface area (Å²) in [5.74, 6) is -1.01. The van der Waals surface area contributed by atoms with Crippen molar-refractivity contribution in [1.29, 1.82) is 5.26 Å². The van der Waals surface area contributed by atoms with Crippen LogP contribution in [0.4, 0.5) is 0 Å². The van der Waals surface area contributed by atoms with Gasteiger partial charge < -0.3 is 9.67 Å². The molecule has 1 heterocycles. The van der Waals surface area contributed by atoms with E-state index in [1.807, 2.05) is 24.3 Å². The Bertz CT molecular complexity index is 653. The Morgan fingerprint density at radius 3 is 2.88 bits per heavy atom. The van der Waals surface area contributed by atoms with Crippen LogP contribution in [-0.4, -0.2) is 15.6 Å². The number of hydrogen-bond donors (Lipinski definition) is 1. The Labute approximate surface area is 106 Å². The molecule has 1 aromatic heterocycles. The first-order chi connectivity index (χ1) is 8.06. The number of nitrogens with zero attached hydrogens (tertiary/aromatic N) is 2. The number of carboxylic acid groups (broad SMARTS) is 1. The van der Waals surface area contributed by atoms with Crippen molar-refractivity contribution in [3.8, 4) is 6.07 Å². The number of rotatable bonds is 2. The lowest BCUT2D eigenvalue weighted by Gasteiger charge is -2.02. The largest absolute Gasteiger partial charge is 0.477 e. The van der Waals surface area contributed by atoms with E-state index in [1.165, 1.54) is 4.57 Å². The van der Waals surface area contributed by atoms with Crippen molar-refractivity contribution in [2.45, 2.75) is 13.5 Å². The van der Waals surface area contributed by atoms with E-state index in [0.29, 0.717) is 5.56 Å². The van der Waals surface area contributed by atoms with Crippen molar-refractivity contribution in [1.82, 2.24) is 4.57 Å². The van der Waals surface area contributed by atoms with Gasteiger partial charge in [0.05, 0.1) is 11.6 Å². The first-order valence-electron chi connectivity index (χ1n) is 4.95. The molecule has 1 aromatic carbocycles. The van der Waals surface area contributed by atoms with Crippen LogP contribution >= 0.6 is 15.9 Å². The van der Waals surface area contributed by atoms with E-state index in [2.05, 4.69) is 15.9 Å². The van der Waals surface area contributed by atoms with Crippen LogP contribution in [0.15, 0.2) is 22.7 Å². The normalized spacial score (nSPS) is 10.4. The molecule has 0 fully saturated rings. The monoisotopic (exact) mass is 292 g/mol. The molecule has 2 rings (SSSR count). The highest BCUT2D eigenvalue weighted by Gasteiger charge is 2.19.